The van der Waals surface area contributed by atoms with Gasteiger partial charge in [-0.1, -0.05) is 163 Å². The van der Waals surface area contributed by atoms with Crippen molar-refractivity contribution in [2.75, 3.05) is 0 Å². The summed E-state index contributed by atoms with van der Waals surface area (Å²) in [6.45, 7) is 1.67. The van der Waals surface area contributed by atoms with Crippen LogP contribution in [0, 0.1) is 48.3 Å². The van der Waals surface area contributed by atoms with E-state index in [1.807, 2.05) is 116 Å². The number of aryl methyl sites for hydroxylation is 11. The number of thiophene rings is 4. The molecule has 0 fully saturated rings. The standard InChI is InChI=1S/C24H21N2S.C23H19N2S.C23H18NS.C22H17N2S/c1-14-9-10-18(15(2)11-14)22-21-19-12-17-7-5-6-8-20(17)25-24(19)27-23(21)16(3)13-26(22)4;1-14-6-8-17(15(2)13-14)22-20-18-9-7-16-5-4-11-24-21(16)23(18)26-19(20)10-12-25(22)3;1-15-7-3-5-9-17(15)22-21-19-12-11-16-8-4-6-10-18(16)23(19)25-20(21)13-14-24(22)2;1-14-6-3-4-8-16(14)21-19-17-10-9-15-7-5-12-23-20(15)22(17)25-18(19)11-13-24(21)2/h5-13H,1-4H3;4-13H,1-3H3;3-14H,1-2H3;3-13H,1-2H3/q4*+1/i1D3,3D3;1D3;;. The molecule has 0 N–H and O–H groups in total. The average Bonchev–Trinajstić information content (AvgIpc) is 1.55. The molecule has 0 atom stereocenters. The van der Waals surface area contributed by atoms with Crippen LogP contribution < -0.4 is 18.3 Å². The summed E-state index contributed by atoms with van der Waals surface area (Å²) in [7, 11) is 8.14. The normalized spacial score (nSPS) is 13.3. The molecule has 11 heteroatoms. The summed E-state index contributed by atoms with van der Waals surface area (Å²) in [5.41, 5.74) is 17.3. The van der Waals surface area contributed by atoms with Gasteiger partial charge in [0, 0.05) is 127 Å². The molecule has 0 unspecified atom stereocenters. The molecule has 498 valence electrons. The van der Waals surface area contributed by atoms with Crippen LogP contribution in [0.5, 0.6) is 0 Å². The molecule has 0 saturated heterocycles. The van der Waals surface area contributed by atoms with Crippen molar-refractivity contribution in [3.05, 3.63) is 295 Å². The third-order valence-corrected chi connectivity index (χ3v) is 24.6. The van der Waals surface area contributed by atoms with Gasteiger partial charge in [-0.3, -0.25) is 9.97 Å². The first kappa shape index (κ1) is 55.6. The number of para-hydroxylation sites is 1. The Hall–Kier alpha value is -11.1. The summed E-state index contributed by atoms with van der Waals surface area (Å²) in [4.78, 5) is 14.9. The monoisotopic (exact) mass is 1410 g/mol. The zero-order valence-corrected chi connectivity index (χ0v) is 61.3. The number of hydrogen-bond donors (Lipinski definition) is 0. The summed E-state index contributed by atoms with van der Waals surface area (Å²) in [6.07, 6.45) is 11.8. The van der Waals surface area contributed by atoms with Crippen molar-refractivity contribution in [3.8, 4) is 45.0 Å². The molecule has 0 radical (unpaired) electrons. The van der Waals surface area contributed by atoms with Crippen molar-refractivity contribution < 1.29 is 30.6 Å². The van der Waals surface area contributed by atoms with Crippen molar-refractivity contribution in [2.45, 2.75) is 48.3 Å². The second kappa shape index (κ2) is 26.4. The van der Waals surface area contributed by atoms with Crippen LogP contribution in [-0.4, -0.2) is 15.0 Å². The zero-order valence-electron chi connectivity index (χ0n) is 67.0. The van der Waals surface area contributed by atoms with Crippen molar-refractivity contribution in [1.29, 1.82) is 0 Å². The Bertz CT molecular complexity index is 7030. The summed E-state index contributed by atoms with van der Waals surface area (Å²) in [5, 5.41) is 15.4. The maximum absolute atomic E-state index is 8.13. The van der Waals surface area contributed by atoms with Gasteiger partial charge in [-0.2, -0.15) is 0 Å². The van der Waals surface area contributed by atoms with Crippen LogP contribution in [0.1, 0.15) is 51.3 Å². The maximum atomic E-state index is 8.13. The van der Waals surface area contributed by atoms with Crippen molar-refractivity contribution >= 4 is 170 Å². The molecule has 20 rings (SSSR count). The molecule has 11 heterocycles. The van der Waals surface area contributed by atoms with E-state index in [1.165, 1.54) is 122 Å². The number of benzene rings is 9. The number of pyridine rings is 7. The first-order valence-corrected chi connectivity index (χ1v) is 37.4. The Morgan fingerprint density at radius 2 is 0.767 bits per heavy atom. The molecular weight excluding hydrogens is 1330 g/mol. The predicted molar refractivity (Wildman–Crippen MR) is 440 cm³/mol. The highest BCUT2D eigenvalue weighted by atomic mass is 32.1. The number of nitrogens with zero attached hydrogens (tertiary/aromatic N) is 7. The van der Waals surface area contributed by atoms with Gasteiger partial charge in [0.15, 0.2) is 24.8 Å². The quantitative estimate of drug-likeness (QED) is 0.165. The van der Waals surface area contributed by atoms with E-state index in [9.17, 15) is 0 Å². The summed E-state index contributed by atoms with van der Waals surface area (Å²) < 4.78 is 87.5. The van der Waals surface area contributed by atoms with Gasteiger partial charge in [-0.25, -0.2) is 23.3 Å². The first-order chi connectivity index (χ1) is 53.8. The highest BCUT2D eigenvalue weighted by molar-refractivity contribution is 7.28. The molecule has 0 aliphatic rings. The Morgan fingerprint density at radius 3 is 1.28 bits per heavy atom. The minimum atomic E-state index is -2.28. The van der Waals surface area contributed by atoms with E-state index in [0.717, 1.165) is 76.6 Å². The van der Waals surface area contributed by atoms with Crippen LogP contribution in [0.3, 0.4) is 0 Å². The Labute approximate surface area is 627 Å². The fourth-order valence-corrected chi connectivity index (χ4v) is 19.7. The molecule has 0 saturated carbocycles. The van der Waals surface area contributed by atoms with Gasteiger partial charge in [0.1, 0.15) is 33.0 Å². The average molecular weight is 1420 g/mol. The van der Waals surface area contributed by atoms with Crippen molar-refractivity contribution in [1.82, 2.24) is 15.0 Å². The van der Waals surface area contributed by atoms with Gasteiger partial charge in [-0.05, 0) is 130 Å². The number of rotatable bonds is 4. The van der Waals surface area contributed by atoms with E-state index >= 15 is 0 Å². The second-order valence-corrected chi connectivity index (χ2v) is 30.7. The van der Waals surface area contributed by atoms with Crippen molar-refractivity contribution in [2.24, 2.45) is 28.2 Å². The minimum absolute atomic E-state index is 0.282. The number of aromatic nitrogens is 7. The van der Waals surface area contributed by atoms with Gasteiger partial charge < -0.3 is 0 Å². The van der Waals surface area contributed by atoms with E-state index in [2.05, 4.69) is 216 Å². The lowest BCUT2D eigenvalue weighted by Gasteiger charge is -2.08. The second-order valence-electron chi connectivity index (χ2n) is 26.6. The highest BCUT2D eigenvalue weighted by Gasteiger charge is 2.27. The molecule has 0 aliphatic heterocycles. The van der Waals surface area contributed by atoms with Gasteiger partial charge in [0.05, 0.1) is 52.2 Å². The SMILES string of the molecule is Cc1ccccc1-c1c2c(cc[n+]1C)sc1c2ccc2cccnc21.Cc1ccccc1-c1c2c(cc[n+]1C)sc1c3ccccc3ccc12.[2H]C([2H])([2H])c1ccc(-c2c3c(cc[n+]2C)sc2c3ccc3cccnc32)c(C)c1.[2H]C([2H])([2H])c1ccc(-c2c3c(sc4nc5ccccc5cc43)c(C([2H])([2H])[2H])c[n+]2C)c(C)c1. The zero-order chi connectivity index (χ0) is 78.0. The van der Waals surface area contributed by atoms with Gasteiger partial charge in [0.2, 0.25) is 22.8 Å². The largest absolute Gasteiger partial charge is 0.255 e. The topological polar surface area (TPSA) is 54.2 Å². The molecule has 9 aromatic carbocycles. The lowest BCUT2D eigenvalue weighted by molar-refractivity contribution is -0.659. The number of fused-ring (bicyclic) bond motifs is 19. The highest BCUT2D eigenvalue weighted by Crippen LogP contribution is 2.46. The van der Waals surface area contributed by atoms with Gasteiger partial charge in [-0.15, -0.1) is 45.3 Å². The Kier molecular flexibility index (Phi) is 14.3. The van der Waals surface area contributed by atoms with Gasteiger partial charge in [0.25, 0.3) is 0 Å². The van der Waals surface area contributed by atoms with Crippen LogP contribution in [0.2, 0.25) is 0 Å². The molecule has 7 nitrogen and oxygen atoms in total. The third-order valence-electron chi connectivity index (χ3n) is 19.9. The Balaban J connectivity index is 0.000000109. The summed E-state index contributed by atoms with van der Waals surface area (Å²) in [5.74, 6) is 0. The van der Waals surface area contributed by atoms with Crippen LogP contribution in [0.15, 0.2) is 256 Å². The predicted octanol–water partition coefficient (Wildman–Crippen LogP) is 23.1. The molecule has 0 spiro atoms. The van der Waals surface area contributed by atoms with Crippen LogP contribution in [0.25, 0.3) is 169 Å². The van der Waals surface area contributed by atoms with Crippen molar-refractivity contribution in [3.63, 3.8) is 0 Å². The smallest absolute Gasteiger partial charge is 0.222 e. The lowest BCUT2D eigenvalue weighted by atomic mass is 9.98. The van der Waals surface area contributed by atoms with Crippen LogP contribution in [-0.2, 0) is 28.2 Å². The van der Waals surface area contributed by atoms with E-state index in [-0.39, 0.29) is 11.1 Å². The summed E-state index contributed by atoms with van der Waals surface area (Å²) in [6, 6.07) is 74.5. The van der Waals surface area contributed by atoms with E-state index in [4.69, 9.17) is 17.3 Å². The van der Waals surface area contributed by atoms with Gasteiger partial charge >= 0.3 is 0 Å². The molecule has 0 amide bonds. The van der Waals surface area contributed by atoms with E-state index in [1.54, 1.807) is 41.8 Å². The molecule has 0 aliphatic carbocycles. The van der Waals surface area contributed by atoms with E-state index < -0.39 is 20.6 Å². The van der Waals surface area contributed by atoms with E-state index in [0.29, 0.717) is 10.3 Å². The fraction of sp³-hybridized carbons (Fsp3) is 0.120. The molecule has 11 aromatic heterocycles. The molecule has 103 heavy (non-hydrogen) atoms. The molecular formula is C92H75N7S4+4. The number of hydrogen-bond acceptors (Lipinski definition) is 7. The van der Waals surface area contributed by atoms with Crippen LogP contribution in [0.4, 0.5) is 0 Å². The minimum Gasteiger partial charge on any atom is -0.255 e. The first-order valence-electron chi connectivity index (χ1n) is 38.7. The molecule has 20 aromatic rings. The third kappa shape index (κ3) is 11.4. The summed E-state index contributed by atoms with van der Waals surface area (Å²) >= 11 is 6.88. The van der Waals surface area contributed by atoms with Crippen LogP contribution >= 0.6 is 45.3 Å². The maximum Gasteiger partial charge on any atom is 0.222 e. The Morgan fingerprint density at radius 1 is 0.320 bits per heavy atom. The lowest BCUT2D eigenvalue weighted by Crippen LogP contribution is -2.31. The fourth-order valence-electron chi connectivity index (χ4n) is 15.0. The molecule has 0 bridgehead atoms.